The summed E-state index contributed by atoms with van der Waals surface area (Å²) in [5.41, 5.74) is 3.43. The molecular formula is C25H21ClN2O4. The molecule has 6 nitrogen and oxygen atoms in total. The first-order valence-corrected chi connectivity index (χ1v) is 10.9. The first kappa shape index (κ1) is 20.4. The lowest BCUT2D eigenvalue weighted by Gasteiger charge is -2.27. The number of carbonyl (C=O) groups is 1. The molecule has 4 aromatic rings. The van der Waals surface area contributed by atoms with Crippen molar-refractivity contribution in [3.63, 3.8) is 0 Å². The second-order valence-electron chi connectivity index (χ2n) is 7.69. The van der Waals surface area contributed by atoms with E-state index in [0.29, 0.717) is 47.0 Å². The van der Waals surface area contributed by atoms with Crippen LogP contribution in [0.3, 0.4) is 0 Å². The molecule has 162 valence electrons. The number of hydrogen-bond donors (Lipinski definition) is 1. The molecule has 0 aliphatic carbocycles. The van der Waals surface area contributed by atoms with Crippen molar-refractivity contribution < 1.29 is 13.9 Å². The minimum atomic E-state index is -0.555. The number of aromatic nitrogens is 1. The van der Waals surface area contributed by atoms with Gasteiger partial charge in [-0.05, 0) is 43.2 Å². The van der Waals surface area contributed by atoms with Gasteiger partial charge in [0.25, 0.3) is 5.91 Å². The largest absolute Gasteiger partial charge is 0.494 e. The van der Waals surface area contributed by atoms with E-state index in [9.17, 15) is 9.59 Å². The van der Waals surface area contributed by atoms with Crippen molar-refractivity contribution in [2.45, 2.75) is 13.3 Å². The third kappa shape index (κ3) is 3.67. The number of ether oxygens (including phenoxy) is 1. The smallest absolute Gasteiger partial charge is 0.337 e. The number of fused-ring (bicyclic) bond motifs is 2. The molecule has 0 atom stereocenters. The molecule has 0 fully saturated rings. The Balaban J connectivity index is 1.43. The molecule has 0 saturated heterocycles. The topological polar surface area (TPSA) is 75.5 Å². The minimum absolute atomic E-state index is 0.187. The SMILES string of the molecule is CCOc1ccc2c(C(=O)N3CC=C(c4c[nH]c5cc(Cl)ccc45)CC3)cc(=O)oc2c1. The van der Waals surface area contributed by atoms with Gasteiger partial charge in [-0.1, -0.05) is 23.7 Å². The van der Waals surface area contributed by atoms with Gasteiger partial charge in [0.15, 0.2) is 0 Å². The lowest BCUT2D eigenvalue weighted by atomic mass is 9.98. The van der Waals surface area contributed by atoms with E-state index in [0.717, 1.165) is 22.9 Å². The highest BCUT2D eigenvalue weighted by molar-refractivity contribution is 6.31. The average Bonchev–Trinajstić information content (AvgIpc) is 3.21. The van der Waals surface area contributed by atoms with Crippen LogP contribution < -0.4 is 10.4 Å². The van der Waals surface area contributed by atoms with Crippen LogP contribution in [0, 0.1) is 0 Å². The summed E-state index contributed by atoms with van der Waals surface area (Å²) in [5.74, 6) is 0.409. The maximum absolute atomic E-state index is 13.3. The zero-order valence-electron chi connectivity index (χ0n) is 17.5. The van der Waals surface area contributed by atoms with E-state index in [1.54, 1.807) is 23.1 Å². The molecule has 3 heterocycles. The van der Waals surface area contributed by atoms with Crippen LogP contribution >= 0.6 is 11.6 Å². The van der Waals surface area contributed by atoms with Crippen molar-refractivity contribution in [2.75, 3.05) is 19.7 Å². The molecular weight excluding hydrogens is 428 g/mol. The molecule has 5 rings (SSSR count). The average molecular weight is 449 g/mol. The molecule has 0 radical (unpaired) electrons. The molecule has 1 N–H and O–H groups in total. The van der Waals surface area contributed by atoms with Gasteiger partial charge in [0.2, 0.25) is 0 Å². The fourth-order valence-electron chi connectivity index (χ4n) is 4.21. The molecule has 2 aromatic carbocycles. The number of benzene rings is 2. The number of nitrogens with one attached hydrogen (secondary N) is 1. The molecule has 32 heavy (non-hydrogen) atoms. The summed E-state index contributed by atoms with van der Waals surface area (Å²) >= 11 is 6.09. The Morgan fingerprint density at radius 3 is 2.81 bits per heavy atom. The Labute approximate surface area is 189 Å². The normalized spacial score (nSPS) is 14.1. The van der Waals surface area contributed by atoms with Crippen LogP contribution in [-0.2, 0) is 0 Å². The number of nitrogens with zero attached hydrogens (tertiary/aromatic N) is 1. The zero-order valence-corrected chi connectivity index (χ0v) is 18.2. The number of hydrogen-bond acceptors (Lipinski definition) is 4. The summed E-state index contributed by atoms with van der Waals surface area (Å²) in [5, 5.41) is 2.40. The van der Waals surface area contributed by atoms with Crippen LogP contribution in [0.1, 0.15) is 29.3 Å². The third-order valence-corrected chi connectivity index (χ3v) is 5.98. The Kier molecular flexibility index (Phi) is 5.23. The third-order valence-electron chi connectivity index (χ3n) is 5.74. The maximum Gasteiger partial charge on any atom is 0.337 e. The Hall–Kier alpha value is -3.51. The van der Waals surface area contributed by atoms with Gasteiger partial charge in [-0.15, -0.1) is 0 Å². The van der Waals surface area contributed by atoms with Crippen molar-refractivity contribution in [3.05, 3.63) is 81.3 Å². The van der Waals surface area contributed by atoms with E-state index in [1.807, 2.05) is 31.3 Å². The molecule has 0 saturated carbocycles. The Bertz CT molecular complexity index is 1430. The molecule has 0 spiro atoms. The number of rotatable bonds is 4. The fourth-order valence-corrected chi connectivity index (χ4v) is 4.38. The van der Waals surface area contributed by atoms with Crippen LogP contribution in [0.2, 0.25) is 5.02 Å². The van der Waals surface area contributed by atoms with Crippen molar-refractivity contribution >= 4 is 45.0 Å². The van der Waals surface area contributed by atoms with E-state index in [1.165, 1.54) is 11.6 Å². The highest BCUT2D eigenvalue weighted by Crippen LogP contribution is 2.31. The van der Waals surface area contributed by atoms with E-state index in [4.69, 9.17) is 20.8 Å². The van der Waals surface area contributed by atoms with Crippen molar-refractivity contribution in [1.29, 1.82) is 0 Å². The first-order valence-electron chi connectivity index (χ1n) is 10.5. The summed E-state index contributed by atoms with van der Waals surface area (Å²) in [4.78, 5) is 30.4. The van der Waals surface area contributed by atoms with Gasteiger partial charge in [0.1, 0.15) is 11.3 Å². The quantitative estimate of drug-likeness (QED) is 0.432. The predicted molar refractivity (Wildman–Crippen MR) is 125 cm³/mol. The van der Waals surface area contributed by atoms with Gasteiger partial charge in [-0.25, -0.2) is 4.79 Å². The molecule has 0 bridgehead atoms. The molecule has 7 heteroatoms. The van der Waals surface area contributed by atoms with Crippen LogP contribution in [0.25, 0.3) is 27.4 Å². The number of aromatic amines is 1. The van der Waals surface area contributed by atoms with Crippen LogP contribution in [0.15, 0.2) is 63.9 Å². The van der Waals surface area contributed by atoms with E-state index >= 15 is 0 Å². The number of H-pyrrole nitrogens is 1. The lowest BCUT2D eigenvalue weighted by molar-refractivity contribution is 0.0774. The zero-order chi connectivity index (χ0) is 22.2. The Morgan fingerprint density at radius 1 is 1.19 bits per heavy atom. The van der Waals surface area contributed by atoms with Crippen molar-refractivity contribution in [3.8, 4) is 5.75 Å². The lowest BCUT2D eigenvalue weighted by Crippen LogP contribution is -2.35. The second-order valence-corrected chi connectivity index (χ2v) is 8.13. The van der Waals surface area contributed by atoms with Gasteiger partial charge in [0, 0.05) is 58.3 Å². The molecule has 1 amide bonds. The monoisotopic (exact) mass is 448 g/mol. The minimum Gasteiger partial charge on any atom is -0.494 e. The van der Waals surface area contributed by atoms with Gasteiger partial charge in [-0.3, -0.25) is 4.79 Å². The summed E-state index contributed by atoms with van der Waals surface area (Å²) < 4.78 is 10.8. The summed E-state index contributed by atoms with van der Waals surface area (Å²) in [6.45, 7) is 3.40. The van der Waals surface area contributed by atoms with E-state index in [-0.39, 0.29) is 5.91 Å². The summed E-state index contributed by atoms with van der Waals surface area (Å²) in [6.07, 6.45) is 4.77. The van der Waals surface area contributed by atoms with Crippen LogP contribution in [0.5, 0.6) is 5.75 Å². The summed E-state index contributed by atoms with van der Waals surface area (Å²) in [7, 11) is 0. The predicted octanol–water partition coefficient (Wildman–Crippen LogP) is 5.26. The highest BCUT2D eigenvalue weighted by atomic mass is 35.5. The summed E-state index contributed by atoms with van der Waals surface area (Å²) in [6, 6.07) is 12.3. The van der Waals surface area contributed by atoms with Gasteiger partial charge < -0.3 is 19.0 Å². The standard InChI is InChI=1S/C25H21ClN2O4/c1-2-31-17-4-6-19-20(13-24(29)32-23(19)12-17)25(30)28-9-7-15(8-10-28)21-14-27-22-11-16(26)3-5-18(21)22/h3-7,11-14,27H,2,8-10H2,1H3. The van der Waals surface area contributed by atoms with Crippen molar-refractivity contribution in [1.82, 2.24) is 9.88 Å². The van der Waals surface area contributed by atoms with Crippen LogP contribution in [-0.4, -0.2) is 35.5 Å². The maximum atomic E-state index is 13.3. The van der Waals surface area contributed by atoms with Crippen molar-refractivity contribution in [2.24, 2.45) is 0 Å². The number of halogens is 1. The molecule has 1 aliphatic rings. The van der Waals surface area contributed by atoms with E-state index in [2.05, 4.69) is 11.1 Å². The number of carbonyl (C=O) groups excluding carboxylic acids is 1. The second kappa shape index (κ2) is 8.20. The molecule has 1 aliphatic heterocycles. The number of amides is 1. The Morgan fingerprint density at radius 2 is 2.03 bits per heavy atom. The molecule has 0 unspecified atom stereocenters. The van der Waals surface area contributed by atoms with Gasteiger partial charge >= 0.3 is 5.63 Å². The van der Waals surface area contributed by atoms with Gasteiger partial charge in [0.05, 0.1) is 12.2 Å². The van der Waals surface area contributed by atoms with Crippen LogP contribution in [0.4, 0.5) is 0 Å². The highest BCUT2D eigenvalue weighted by Gasteiger charge is 2.23. The van der Waals surface area contributed by atoms with E-state index < -0.39 is 5.63 Å². The van der Waals surface area contributed by atoms with Gasteiger partial charge in [-0.2, -0.15) is 0 Å². The fraction of sp³-hybridized carbons (Fsp3) is 0.200. The first-order chi connectivity index (χ1) is 15.5. The molecule has 2 aromatic heterocycles.